The van der Waals surface area contributed by atoms with E-state index in [2.05, 4.69) is 5.32 Å². The third-order valence-corrected chi connectivity index (χ3v) is 2.89. The Morgan fingerprint density at radius 1 is 1.16 bits per heavy atom. The predicted molar refractivity (Wildman–Crippen MR) is 76.0 cm³/mol. The van der Waals surface area contributed by atoms with Crippen LogP contribution < -0.4 is 11.1 Å². The zero-order chi connectivity index (χ0) is 13.8. The minimum Gasteiger partial charge on any atom is -0.389 e. The van der Waals surface area contributed by atoms with Gasteiger partial charge >= 0.3 is 0 Å². The average molecular weight is 278 g/mol. The molecule has 0 saturated carbocycles. The Morgan fingerprint density at radius 3 is 2.58 bits per heavy atom. The van der Waals surface area contributed by atoms with Gasteiger partial charge in [-0.05, 0) is 24.3 Å². The van der Waals surface area contributed by atoms with Crippen LogP contribution in [-0.2, 0) is 6.54 Å². The van der Waals surface area contributed by atoms with Crippen LogP contribution in [0.2, 0.25) is 0 Å². The Hall–Kier alpha value is -2.01. The van der Waals surface area contributed by atoms with Crippen LogP contribution in [0.25, 0.3) is 0 Å². The van der Waals surface area contributed by atoms with Crippen molar-refractivity contribution in [3.8, 4) is 0 Å². The number of hydrogen-bond acceptors (Lipinski definition) is 2. The lowest BCUT2D eigenvalue weighted by Crippen LogP contribution is -2.14. The summed E-state index contributed by atoms with van der Waals surface area (Å²) in [7, 11) is 0. The molecule has 0 fully saturated rings. The molecule has 0 aliphatic heterocycles. The fourth-order valence-electron chi connectivity index (χ4n) is 1.71. The van der Waals surface area contributed by atoms with Gasteiger partial charge in [0.05, 0.1) is 0 Å². The lowest BCUT2D eigenvalue weighted by atomic mass is 10.1. The standard InChI is InChI=1S/C14H12F2N2S/c15-10-5-6-13(11(7-10)14(17)19)18-8-9-3-1-2-4-12(9)16/h1-7,18H,8H2,(H2,17,19). The van der Waals surface area contributed by atoms with Gasteiger partial charge in [0, 0.05) is 23.4 Å². The van der Waals surface area contributed by atoms with Crippen molar-refractivity contribution in [3.63, 3.8) is 0 Å². The molecule has 0 aliphatic rings. The minimum atomic E-state index is -0.417. The molecule has 98 valence electrons. The molecule has 0 aliphatic carbocycles. The molecule has 0 bridgehead atoms. The van der Waals surface area contributed by atoms with E-state index in [1.807, 2.05) is 0 Å². The number of halogens is 2. The SMILES string of the molecule is NC(=S)c1cc(F)ccc1NCc1ccccc1F. The molecule has 19 heavy (non-hydrogen) atoms. The smallest absolute Gasteiger partial charge is 0.128 e. The van der Waals surface area contributed by atoms with Crippen molar-refractivity contribution in [1.82, 2.24) is 0 Å². The summed E-state index contributed by atoms with van der Waals surface area (Å²) in [5, 5.41) is 3.00. The van der Waals surface area contributed by atoms with Crippen LogP contribution in [0.15, 0.2) is 42.5 Å². The van der Waals surface area contributed by atoms with Crippen LogP contribution in [0.4, 0.5) is 14.5 Å². The van der Waals surface area contributed by atoms with Gasteiger partial charge < -0.3 is 11.1 Å². The number of thiocarbonyl (C=S) groups is 1. The second-order valence-electron chi connectivity index (χ2n) is 4.00. The van der Waals surface area contributed by atoms with E-state index in [9.17, 15) is 8.78 Å². The maximum absolute atomic E-state index is 13.5. The Bertz CT molecular complexity index is 614. The molecule has 5 heteroatoms. The first-order chi connectivity index (χ1) is 9.08. The molecule has 3 N–H and O–H groups in total. The molecule has 0 aromatic heterocycles. The molecule has 2 aromatic carbocycles. The van der Waals surface area contributed by atoms with E-state index in [0.717, 1.165) is 0 Å². The number of nitrogens with two attached hydrogens (primary N) is 1. The molecule has 0 atom stereocenters. The van der Waals surface area contributed by atoms with Crippen LogP contribution >= 0.6 is 12.2 Å². The number of hydrogen-bond donors (Lipinski definition) is 2. The molecular weight excluding hydrogens is 266 g/mol. The van der Waals surface area contributed by atoms with Crippen molar-refractivity contribution in [2.45, 2.75) is 6.54 Å². The van der Waals surface area contributed by atoms with Gasteiger partial charge in [-0.1, -0.05) is 30.4 Å². The minimum absolute atomic E-state index is 0.0931. The molecule has 2 nitrogen and oxygen atoms in total. The van der Waals surface area contributed by atoms with Crippen LogP contribution in [0.1, 0.15) is 11.1 Å². The van der Waals surface area contributed by atoms with Gasteiger partial charge in [0.25, 0.3) is 0 Å². The highest BCUT2D eigenvalue weighted by Gasteiger charge is 2.07. The highest BCUT2D eigenvalue weighted by molar-refractivity contribution is 7.80. The first kappa shape index (κ1) is 13.4. The summed E-state index contributed by atoms with van der Waals surface area (Å²) >= 11 is 4.86. The molecule has 0 unspecified atom stereocenters. The van der Waals surface area contributed by atoms with E-state index in [1.54, 1.807) is 18.2 Å². The molecule has 2 aromatic rings. The van der Waals surface area contributed by atoms with Crippen molar-refractivity contribution in [2.75, 3.05) is 5.32 Å². The molecule has 0 amide bonds. The van der Waals surface area contributed by atoms with Gasteiger partial charge in [0.15, 0.2) is 0 Å². The average Bonchev–Trinajstić information content (AvgIpc) is 2.38. The lowest BCUT2D eigenvalue weighted by molar-refractivity contribution is 0.612. The molecule has 2 rings (SSSR count). The third kappa shape index (κ3) is 3.26. The third-order valence-electron chi connectivity index (χ3n) is 2.67. The van der Waals surface area contributed by atoms with Crippen LogP contribution in [0.3, 0.4) is 0 Å². The van der Waals surface area contributed by atoms with Gasteiger partial charge in [-0.25, -0.2) is 8.78 Å². The van der Waals surface area contributed by atoms with E-state index < -0.39 is 5.82 Å². The van der Waals surface area contributed by atoms with Crippen molar-refractivity contribution >= 4 is 22.9 Å². The van der Waals surface area contributed by atoms with Crippen LogP contribution in [0, 0.1) is 11.6 Å². The normalized spacial score (nSPS) is 10.2. The first-order valence-electron chi connectivity index (χ1n) is 5.64. The van der Waals surface area contributed by atoms with Crippen molar-refractivity contribution < 1.29 is 8.78 Å². The topological polar surface area (TPSA) is 38.0 Å². The van der Waals surface area contributed by atoms with Gasteiger partial charge in [-0.15, -0.1) is 0 Å². The number of anilines is 1. The van der Waals surface area contributed by atoms with Gasteiger partial charge in [0.1, 0.15) is 16.6 Å². The maximum Gasteiger partial charge on any atom is 0.128 e. The molecular formula is C14H12F2N2S. The van der Waals surface area contributed by atoms with E-state index in [-0.39, 0.29) is 17.4 Å². The Labute approximate surface area is 115 Å². The summed E-state index contributed by atoms with van der Waals surface area (Å²) in [6, 6.07) is 10.5. The van der Waals surface area contributed by atoms with Crippen molar-refractivity contribution in [2.24, 2.45) is 5.73 Å². The fourth-order valence-corrected chi connectivity index (χ4v) is 1.88. The zero-order valence-corrected chi connectivity index (χ0v) is 10.8. The Morgan fingerprint density at radius 2 is 1.89 bits per heavy atom. The summed E-state index contributed by atoms with van der Waals surface area (Å²) < 4.78 is 26.6. The van der Waals surface area contributed by atoms with Gasteiger partial charge in [-0.2, -0.15) is 0 Å². The van der Waals surface area contributed by atoms with Crippen LogP contribution in [-0.4, -0.2) is 4.99 Å². The van der Waals surface area contributed by atoms with Gasteiger partial charge in [0.2, 0.25) is 0 Å². The monoisotopic (exact) mass is 278 g/mol. The highest BCUT2D eigenvalue weighted by atomic mass is 32.1. The zero-order valence-electron chi connectivity index (χ0n) is 9.99. The number of rotatable bonds is 4. The summed E-state index contributed by atoms with van der Waals surface area (Å²) in [4.78, 5) is 0.0931. The second kappa shape index (κ2) is 5.75. The summed E-state index contributed by atoms with van der Waals surface area (Å²) in [5.41, 5.74) is 7.04. The Kier molecular flexibility index (Phi) is 4.06. The highest BCUT2D eigenvalue weighted by Crippen LogP contribution is 2.18. The first-order valence-corrected chi connectivity index (χ1v) is 6.05. The molecule has 0 saturated heterocycles. The lowest BCUT2D eigenvalue weighted by Gasteiger charge is -2.11. The maximum atomic E-state index is 13.5. The Balaban J connectivity index is 2.20. The van der Waals surface area contributed by atoms with E-state index in [1.165, 1.54) is 24.3 Å². The predicted octanol–water partition coefficient (Wildman–Crippen LogP) is 3.21. The molecule has 0 spiro atoms. The van der Waals surface area contributed by atoms with Gasteiger partial charge in [-0.3, -0.25) is 0 Å². The van der Waals surface area contributed by atoms with E-state index >= 15 is 0 Å². The summed E-state index contributed by atoms with van der Waals surface area (Å²) in [6.45, 7) is 0.272. The van der Waals surface area contributed by atoms with Crippen molar-refractivity contribution in [3.05, 3.63) is 65.2 Å². The quantitative estimate of drug-likeness (QED) is 0.843. The largest absolute Gasteiger partial charge is 0.389 e. The molecule has 0 radical (unpaired) electrons. The summed E-state index contributed by atoms with van der Waals surface area (Å²) in [6.07, 6.45) is 0. The van der Waals surface area contributed by atoms with Crippen molar-refractivity contribution in [1.29, 1.82) is 0 Å². The van der Waals surface area contributed by atoms with E-state index in [4.69, 9.17) is 18.0 Å². The number of benzene rings is 2. The fraction of sp³-hybridized carbons (Fsp3) is 0.0714. The van der Waals surface area contributed by atoms with Crippen LogP contribution in [0.5, 0.6) is 0 Å². The second-order valence-corrected chi connectivity index (χ2v) is 4.44. The molecule has 0 heterocycles. The van der Waals surface area contributed by atoms with E-state index in [0.29, 0.717) is 16.8 Å². The number of nitrogens with one attached hydrogen (secondary N) is 1. The summed E-state index contributed by atoms with van der Waals surface area (Å²) in [5.74, 6) is -0.715.